The lowest BCUT2D eigenvalue weighted by Gasteiger charge is -2.15. The average Bonchev–Trinajstić information content (AvgIpc) is 2.55. The fourth-order valence-corrected chi connectivity index (χ4v) is 2.01. The summed E-state index contributed by atoms with van der Waals surface area (Å²) in [5.41, 5.74) is 0.960. The summed E-state index contributed by atoms with van der Waals surface area (Å²) in [5, 5.41) is 11.8. The Morgan fingerprint density at radius 2 is 1.67 bits per heavy atom. The molecule has 2 aromatic rings. The molecule has 0 fully saturated rings. The lowest BCUT2D eigenvalue weighted by atomic mass is 10.1. The Hall–Kier alpha value is -3.15. The second kappa shape index (κ2) is 7.41. The molecule has 1 amide bonds. The van der Waals surface area contributed by atoms with Crippen LogP contribution in [0.5, 0.6) is 5.75 Å². The minimum atomic E-state index is -1.05. The number of hydrogen-bond acceptors (Lipinski definition) is 5. The van der Waals surface area contributed by atoms with Gasteiger partial charge in [0.2, 0.25) is 0 Å². The van der Waals surface area contributed by atoms with E-state index in [0.717, 1.165) is 0 Å². The number of ketones is 1. The molecule has 0 bridgehead atoms. The van der Waals surface area contributed by atoms with Crippen molar-refractivity contribution in [3.63, 3.8) is 0 Å². The highest BCUT2D eigenvalue weighted by molar-refractivity contribution is 6.05. The Balaban J connectivity index is 2.04. The summed E-state index contributed by atoms with van der Waals surface area (Å²) in [4.78, 5) is 35.7. The van der Waals surface area contributed by atoms with E-state index in [0.29, 0.717) is 11.3 Å². The third-order valence-corrected chi connectivity index (χ3v) is 3.32. The number of phenols is 1. The van der Waals surface area contributed by atoms with Crippen LogP contribution in [0.1, 0.15) is 34.6 Å². The van der Waals surface area contributed by atoms with E-state index in [1.54, 1.807) is 24.3 Å². The number of esters is 1. The molecule has 0 spiro atoms. The lowest BCUT2D eigenvalue weighted by Crippen LogP contribution is -2.30. The fourth-order valence-electron chi connectivity index (χ4n) is 2.01. The Bertz CT molecular complexity index is 767. The first kappa shape index (κ1) is 17.2. The summed E-state index contributed by atoms with van der Waals surface area (Å²) in [6, 6.07) is 12.1. The van der Waals surface area contributed by atoms with E-state index in [1.165, 1.54) is 38.1 Å². The number of anilines is 1. The maximum atomic E-state index is 12.2. The third kappa shape index (κ3) is 4.19. The summed E-state index contributed by atoms with van der Waals surface area (Å²) in [6.07, 6.45) is -1.05. The van der Waals surface area contributed by atoms with Gasteiger partial charge >= 0.3 is 5.97 Å². The Morgan fingerprint density at radius 3 is 2.29 bits per heavy atom. The molecule has 0 heterocycles. The van der Waals surface area contributed by atoms with Gasteiger partial charge in [0, 0.05) is 5.56 Å². The van der Waals surface area contributed by atoms with Crippen molar-refractivity contribution in [1.29, 1.82) is 0 Å². The minimum Gasteiger partial charge on any atom is -0.508 e. The summed E-state index contributed by atoms with van der Waals surface area (Å²) in [7, 11) is 0. The molecule has 0 aromatic heterocycles. The number of carbonyl (C=O) groups is 3. The van der Waals surface area contributed by atoms with Gasteiger partial charge < -0.3 is 15.2 Å². The summed E-state index contributed by atoms with van der Waals surface area (Å²) < 4.78 is 5.09. The average molecular weight is 327 g/mol. The molecule has 6 nitrogen and oxygen atoms in total. The molecule has 2 N–H and O–H groups in total. The van der Waals surface area contributed by atoms with Gasteiger partial charge in [-0.05, 0) is 50.2 Å². The number of nitrogens with one attached hydrogen (secondary N) is 1. The zero-order valence-electron chi connectivity index (χ0n) is 13.3. The summed E-state index contributed by atoms with van der Waals surface area (Å²) in [6.45, 7) is 2.84. The van der Waals surface area contributed by atoms with E-state index in [-0.39, 0.29) is 17.1 Å². The van der Waals surface area contributed by atoms with Crippen LogP contribution in [-0.4, -0.2) is 28.9 Å². The van der Waals surface area contributed by atoms with Crippen molar-refractivity contribution in [1.82, 2.24) is 0 Å². The Labute approximate surface area is 139 Å². The van der Waals surface area contributed by atoms with Crippen molar-refractivity contribution in [3.05, 3.63) is 59.7 Å². The molecule has 6 heteroatoms. The molecule has 0 saturated carbocycles. The number of phenolic OH excluding ortho intramolecular Hbond substituents is 1. The highest BCUT2D eigenvalue weighted by Crippen LogP contribution is 2.17. The smallest absolute Gasteiger partial charge is 0.338 e. The molecule has 2 aromatic carbocycles. The number of para-hydroxylation sites is 1. The van der Waals surface area contributed by atoms with Gasteiger partial charge in [-0.3, -0.25) is 9.59 Å². The number of carbonyl (C=O) groups excluding carboxylic acids is 3. The number of rotatable bonds is 5. The molecule has 0 aliphatic carbocycles. The van der Waals surface area contributed by atoms with Gasteiger partial charge in [-0.2, -0.15) is 0 Å². The SMILES string of the molecule is CC(=O)c1ccccc1NC(=O)[C@@H](C)OC(=O)c1ccc(O)cc1. The molecular weight excluding hydrogens is 310 g/mol. The van der Waals surface area contributed by atoms with Crippen LogP contribution < -0.4 is 5.32 Å². The van der Waals surface area contributed by atoms with Crippen LogP contribution in [0.15, 0.2) is 48.5 Å². The summed E-state index contributed by atoms with van der Waals surface area (Å²) in [5.74, 6) is -1.38. The van der Waals surface area contributed by atoms with E-state index >= 15 is 0 Å². The molecule has 2 rings (SSSR count). The highest BCUT2D eigenvalue weighted by atomic mass is 16.5. The molecule has 124 valence electrons. The first-order valence-corrected chi connectivity index (χ1v) is 7.29. The van der Waals surface area contributed by atoms with Crippen LogP contribution in [0.3, 0.4) is 0 Å². The number of amides is 1. The van der Waals surface area contributed by atoms with Crippen LogP contribution in [0.4, 0.5) is 5.69 Å². The number of benzene rings is 2. The van der Waals surface area contributed by atoms with Crippen LogP contribution in [0.25, 0.3) is 0 Å². The van der Waals surface area contributed by atoms with Crippen molar-refractivity contribution in [2.75, 3.05) is 5.32 Å². The second-order valence-corrected chi connectivity index (χ2v) is 5.19. The van der Waals surface area contributed by atoms with E-state index < -0.39 is 18.0 Å². The largest absolute Gasteiger partial charge is 0.508 e. The Kier molecular flexibility index (Phi) is 5.31. The second-order valence-electron chi connectivity index (χ2n) is 5.19. The van der Waals surface area contributed by atoms with Gasteiger partial charge in [0.15, 0.2) is 11.9 Å². The van der Waals surface area contributed by atoms with E-state index in [2.05, 4.69) is 5.32 Å². The molecule has 1 atom stereocenters. The van der Waals surface area contributed by atoms with Crippen molar-refractivity contribution in [3.8, 4) is 5.75 Å². The zero-order chi connectivity index (χ0) is 17.7. The van der Waals surface area contributed by atoms with Gasteiger partial charge in [0.1, 0.15) is 5.75 Å². The number of aromatic hydroxyl groups is 1. The van der Waals surface area contributed by atoms with Gasteiger partial charge in [0.25, 0.3) is 5.91 Å². The third-order valence-electron chi connectivity index (χ3n) is 3.32. The predicted octanol–water partition coefficient (Wildman–Crippen LogP) is 2.78. The quantitative estimate of drug-likeness (QED) is 0.651. The van der Waals surface area contributed by atoms with Crippen LogP contribution in [0, 0.1) is 0 Å². The normalized spacial score (nSPS) is 11.4. The molecule has 0 aliphatic heterocycles. The lowest BCUT2D eigenvalue weighted by molar-refractivity contribution is -0.123. The van der Waals surface area contributed by atoms with Crippen molar-refractivity contribution in [2.45, 2.75) is 20.0 Å². The number of Topliss-reactive ketones (excluding diaryl/α,β-unsaturated/α-hetero) is 1. The van der Waals surface area contributed by atoms with Crippen LogP contribution >= 0.6 is 0 Å². The van der Waals surface area contributed by atoms with Gasteiger partial charge in [0.05, 0.1) is 11.3 Å². The molecule has 24 heavy (non-hydrogen) atoms. The predicted molar refractivity (Wildman–Crippen MR) is 88.1 cm³/mol. The fraction of sp³-hybridized carbons (Fsp3) is 0.167. The molecule has 0 radical (unpaired) electrons. The molecular formula is C18H17NO5. The number of hydrogen-bond donors (Lipinski definition) is 2. The van der Waals surface area contributed by atoms with Crippen molar-refractivity contribution < 1.29 is 24.2 Å². The minimum absolute atomic E-state index is 0.0261. The topological polar surface area (TPSA) is 92.7 Å². The first-order chi connectivity index (χ1) is 11.4. The Morgan fingerprint density at radius 1 is 1.04 bits per heavy atom. The number of ether oxygens (including phenoxy) is 1. The first-order valence-electron chi connectivity index (χ1n) is 7.29. The van der Waals surface area contributed by atoms with Crippen molar-refractivity contribution >= 4 is 23.3 Å². The maximum Gasteiger partial charge on any atom is 0.338 e. The summed E-state index contributed by atoms with van der Waals surface area (Å²) >= 11 is 0. The van der Waals surface area contributed by atoms with Gasteiger partial charge in [-0.1, -0.05) is 12.1 Å². The maximum absolute atomic E-state index is 12.2. The van der Waals surface area contributed by atoms with E-state index in [9.17, 15) is 19.5 Å². The zero-order valence-corrected chi connectivity index (χ0v) is 13.3. The van der Waals surface area contributed by atoms with Gasteiger partial charge in [-0.25, -0.2) is 4.79 Å². The standard InChI is InChI=1S/C18H17NO5/c1-11(20)15-5-3-4-6-16(15)19-17(22)12(2)24-18(23)13-7-9-14(21)10-8-13/h3-10,12,21H,1-2H3,(H,19,22)/t12-/m1/s1. The monoisotopic (exact) mass is 327 g/mol. The molecule has 0 saturated heterocycles. The van der Waals surface area contributed by atoms with Crippen LogP contribution in [0.2, 0.25) is 0 Å². The van der Waals surface area contributed by atoms with Crippen LogP contribution in [-0.2, 0) is 9.53 Å². The molecule has 0 unspecified atom stereocenters. The van der Waals surface area contributed by atoms with E-state index in [4.69, 9.17) is 4.74 Å². The van der Waals surface area contributed by atoms with Gasteiger partial charge in [-0.15, -0.1) is 0 Å². The molecule has 0 aliphatic rings. The van der Waals surface area contributed by atoms with E-state index in [1.807, 2.05) is 0 Å². The highest BCUT2D eigenvalue weighted by Gasteiger charge is 2.20. The van der Waals surface area contributed by atoms with Crippen molar-refractivity contribution in [2.24, 2.45) is 0 Å².